The summed E-state index contributed by atoms with van der Waals surface area (Å²) in [6.07, 6.45) is 0.805. The summed E-state index contributed by atoms with van der Waals surface area (Å²) in [5, 5.41) is 0. The summed E-state index contributed by atoms with van der Waals surface area (Å²) < 4.78 is 6.32. The van der Waals surface area contributed by atoms with Gasteiger partial charge in [0.1, 0.15) is 5.75 Å². The fourth-order valence-corrected chi connectivity index (χ4v) is 2.69. The highest BCUT2D eigenvalue weighted by atomic mass is 79.9. The highest BCUT2D eigenvalue weighted by Gasteiger charge is 2.10. The van der Waals surface area contributed by atoms with E-state index in [1.807, 2.05) is 24.3 Å². The van der Waals surface area contributed by atoms with Crippen molar-refractivity contribution in [3.63, 3.8) is 0 Å². The maximum atomic E-state index is 6.31. The quantitative estimate of drug-likeness (QED) is 0.924. The normalized spacial score (nSPS) is 12.2. The summed E-state index contributed by atoms with van der Waals surface area (Å²) in [6.45, 7) is 2.09. The van der Waals surface area contributed by atoms with E-state index in [-0.39, 0.29) is 6.04 Å². The van der Waals surface area contributed by atoms with Crippen LogP contribution in [-0.2, 0) is 6.42 Å². The lowest BCUT2D eigenvalue weighted by molar-refractivity contribution is 0.414. The van der Waals surface area contributed by atoms with Crippen LogP contribution in [0.4, 0.5) is 0 Å². The number of ether oxygens (including phenoxy) is 1. The van der Waals surface area contributed by atoms with Gasteiger partial charge in [0, 0.05) is 10.5 Å². The van der Waals surface area contributed by atoms with Crippen molar-refractivity contribution in [2.24, 2.45) is 5.73 Å². The maximum Gasteiger partial charge on any atom is 0.119 e. The van der Waals surface area contributed by atoms with Crippen LogP contribution < -0.4 is 10.5 Å². The van der Waals surface area contributed by atoms with Gasteiger partial charge in [-0.15, -0.1) is 0 Å². The number of methoxy groups -OCH3 is 1. The minimum Gasteiger partial charge on any atom is -0.497 e. The summed E-state index contributed by atoms with van der Waals surface area (Å²) in [5.74, 6) is 0.872. The lowest BCUT2D eigenvalue weighted by atomic mass is 9.96. The molecule has 2 nitrogen and oxygen atoms in total. The Morgan fingerprint density at radius 3 is 2.68 bits per heavy atom. The SMILES string of the molecule is COc1cccc(CC(N)c2ccc(Br)cc2C)c1. The minimum atomic E-state index is 0.000191. The molecular formula is C16H18BrNO. The lowest BCUT2D eigenvalue weighted by Crippen LogP contribution is -2.14. The second-order valence-corrected chi connectivity index (χ2v) is 5.58. The second-order valence-electron chi connectivity index (χ2n) is 4.66. The van der Waals surface area contributed by atoms with Gasteiger partial charge in [0.2, 0.25) is 0 Å². The molecule has 0 aliphatic heterocycles. The van der Waals surface area contributed by atoms with Gasteiger partial charge in [0.15, 0.2) is 0 Å². The summed E-state index contributed by atoms with van der Waals surface area (Å²) in [7, 11) is 1.68. The third kappa shape index (κ3) is 3.58. The molecule has 1 atom stereocenters. The third-order valence-electron chi connectivity index (χ3n) is 3.22. The first-order chi connectivity index (χ1) is 9.10. The summed E-state index contributed by atoms with van der Waals surface area (Å²) in [4.78, 5) is 0. The van der Waals surface area contributed by atoms with Crippen LogP contribution in [0.1, 0.15) is 22.7 Å². The van der Waals surface area contributed by atoms with E-state index in [0.29, 0.717) is 0 Å². The van der Waals surface area contributed by atoms with E-state index in [1.165, 1.54) is 16.7 Å². The topological polar surface area (TPSA) is 35.2 Å². The third-order valence-corrected chi connectivity index (χ3v) is 3.71. The zero-order chi connectivity index (χ0) is 13.8. The van der Waals surface area contributed by atoms with Gasteiger partial charge in [-0.2, -0.15) is 0 Å². The molecule has 0 fully saturated rings. The van der Waals surface area contributed by atoms with Crippen molar-refractivity contribution in [2.45, 2.75) is 19.4 Å². The molecule has 0 heterocycles. The average molecular weight is 320 g/mol. The van der Waals surface area contributed by atoms with Gasteiger partial charge in [0.05, 0.1) is 7.11 Å². The van der Waals surface area contributed by atoms with Gasteiger partial charge < -0.3 is 10.5 Å². The molecule has 2 rings (SSSR count). The first-order valence-corrected chi connectivity index (χ1v) is 7.04. The molecule has 0 amide bonds. The standard InChI is InChI=1S/C16H18BrNO/c1-11-8-13(17)6-7-15(11)16(18)10-12-4-3-5-14(9-12)19-2/h3-9,16H,10,18H2,1-2H3. The van der Waals surface area contributed by atoms with Crippen molar-refractivity contribution >= 4 is 15.9 Å². The number of rotatable bonds is 4. The number of benzene rings is 2. The van der Waals surface area contributed by atoms with Crippen LogP contribution in [0.2, 0.25) is 0 Å². The van der Waals surface area contributed by atoms with Crippen molar-refractivity contribution in [1.82, 2.24) is 0 Å². The number of hydrogen-bond acceptors (Lipinski definition) is 2. The van der Waals surface area contributed by atoms with Crippen molar-refractivity contribution in [1.29, 1.82) is 0 Å². The zero-order valence-electron chi connectivity index (χ0n) is 11.2. The van der Waals surface area contributed by atoms with Crippen LogP contribution in [0.25, 0.3) is 0 Å². The van der Waals surface area contributed by atoms with Crippen LogP contribution in [0.5, 0.6) is 5.75 Å². The maximum absolute atomic E-state index is 6.31. The Morgan fingerprint density at radius 1 is 1.21 bits per heavy atom. The molecule has 0 bridgehead atoms. The molecule has 2 aromatic carbocycles. The smallest absolute Gasteiger partial charge is 0.119 e. The van der Waals surface area contributed by atoms with Crippen molar-refractivity contribution in [2.75, 3.05) is 7.11 Å². The zero-order valence-corrected chi connectivity index (χ0v) is 12.8. The van der Waals surface area contributed by atoms with Crippen molar-refractivity contribution in [3.8, 4) is 5.75 Å². The van der Waals surface area contributed by atoms with Gasteiger partial charge >= 0.3 is 0 Å². The molecular weight excluding hydrogens is 302 g/mol. The monoisotopic (exact) mass is 319 g/mol. The van der Waals surface area contributed by atoms with Gasteiger partial charge in [-0.25, -0.2) is 0 Å². The molecule has 0 aliphatic rings. The van der Waals surface area contributed by atoms with Crippen LogP contribution in [0, 0.1) is 6.92 Å². The summed E-state index contributed by atoms with van der Waals surface area (Å²) in [5.41, 5.74) is 9.90. The Bertz CT molecular complexity index is 568. The molecule has 1 unspecified atom stereocenters. The number of aryl methyl sites for hydroxylation is 1. The van der Waals surface area contributed by atoms with E-state index in [4.69, 9.17) is 10.5 Å². The molecule has 3 heteroatoms. The van der Waals surface area contributed by atoms with Crippen LogP contribution in [-0.4, -0.2) is 7.11 Å². The molecule has 0 aliphatic carbocycles. The average Bonchev–Trinajstić information content (AvgIpc) is 2.38. The van der Waals surface area contributed by atoms with E-state index in [1.54, 1.807) is 7.11 Å². The number of hydrogen-bond donors (Lipinski definition) is 1. The molecule has 0 aromatic heterocycles. The molecule has 2 aromatic rings. The van der Waals surface area contributed by atoms with Crippen molar-refractivity contribution < 1.29 is 4.74 Å². The fraction of sp³-hybridized carbons (Fsp3) is 0.250. The van der Waals surface area contributed by atoms with E-state index >= 15 is 0 Å². The van der Waals surface area contributed by atoms with Crippen molar-refractivity contribution in [3.05, 3.63) is 63.6 Å². The molecule has 0 saturated heterocycles. The minimum absolute atomic E-state index is 0.000191. The Kier molecular flexibility index (Phi) is 4.61. The molecule has 0 radical (unpaired) electrons. The Morgan fingerprint density at radius 2 is 2.00 bits per heavy atom. The van der Waals surface area contributed by atoms with E-state index in [9.17, 15) is 0 Å². The van der Waals surface area contributed by atoms with E-state index in [0.717, 1.165) is 16.6 Å². The highest BCUT2D eigenvalue weighted by Crippen LogP contribution is 2.24. The largest absolute Gasteiger partial charge is 0.497 e. The summed E-state index contributed by atoms with van der Waals surface area (Å²) >= 11 is 3.47. The molecule has 0 spiro atoms. The number of halogens is 1. The first-order valence-electron chi connectivity index (χ1n) is 6.24. The van der Waals surface area contributed by atoms with E-state index < -0.39 is 0 Å². The number of nitrogens with two attached hydrogens (primary N) is 1. The highest BCUT2D eigenvalue weighted by molar-refractivity contribution is 9.10. The molecule has 19 heavy (non-hydrogen) atoms. The Labute approximate surface area is 122 Å². The van der Waals surface area contributed by atoms with Crippen LogP contribution >= 0.6 is 15.9 Å². The molecule has 100 valence electrons. The first kappa shape index (κ1) is 14.1. The predicted octanol–water partition coefficient (Wildman–Crippen LogP) is 4.01. The van der Waals surface area contributed by atoms with Crippen LogP contribution in [0.3, 0.4) is 0 Å². The van der Waals surface area contributed by atoms with Gasteiger partial charge in [0.25, 0.3) is 0 Å². The summed E-state index contributed by atoms with van der Waals surface area (Å²) in [6, 6.07) is 14.3. The Balaban J connectivity index is 2.17. The van der Waals surface area contributed by atoms with Crippen LogP contribution in [0.15, 0.2) is 46.9 Å². The fourth-order valence-electron chi connectivity index (χ4n) is 2.22. The molecule has 2 N–H and O–H groups in total. The predicted molar refractivity (Wildman–Crippen MR) is 82.5 cm³/mol. The van der Waals surface area contributed by atoms with Gasteiger partial charge in [-0.3, -0.25) is 0 Å². The molecule has 0 saturated carbocycles. The lowest BCUT2D eigenvalue weighted by Gasteiger charge is -2.15. The Hall–Kier alpha value is -1.32. The second kappa shape index (κ2) is 6.22. The van der Waals surface area contributed by atoms with Gasteiger partial charge in [-0.1, -0.05) is 34.1 Å². The van der Waals surface area contributed by atoms with Gasteiger partial charge in [-0.05, 0) is 54.3 Å². The van der Waals surface area contributed by atoms with E-state index in [2.05, 4.69) is 41.1 Å².